The van der Waals surface area contributed by atoms with Gasteiger partial charge in [-0.1, -0.05) is 24.3 Å². The van der Waals surface area contributed by atoms with Gasteiger partial charge in [0.15, 0.2) is 6.61 Å². The fourth-order valence-corrected chi connectivity index (χ4v) is 2.27. The second-order valence-corrected chi connectivity index (χ2v) is 6.12. The number of benzene rings is 2. The van der Waals surface area contributed by atoms with Crippen molar-refractivity contribution in [2.45, 2.75) is 6.92 Å². The summed E-state index contributed by atoms with van der Waals surface area (Å²) in [4.78, 5) is 36.9. The van der Waals surface area contributed by atoms with E-state index in [9.17, 15) is 14.4 Å². The maximum atomic E-state index is 11.9. The van der Waals surface area contributed by atoms with Gasteiger partial charge in [0.2, 0.25) is 0 Å². The van der Waals surface area contributed by atoms with Gasteiger partial charge < -0.3 is 15.0 Å². The molecular weight excluding hydrogens is 344 g/mol. The molecule has 0 fully saturated rings. The molecule has 2 aromatic rings. The van der Waals surface area contributed by atoms with Crippen molar-refractivity contribution >= 4 is 29.5 Å². The number of esters is 1. The SMILES string of the molecule is Cc1ccccc1/C=C/C(=O)OCC(=O)Nc1ccc(C(=O)N(C)C)cc1. The first-order valence-corrected chi connectivity index (χ1v) is 8.39. The summed E-state index contributed by atoms with van der Waals surface area (Å²) in [7, 11) is 3.33. The highest BCUT2D eigenvalue weighted by molar-refractivity contribution is 5.96. The first-order chi connectivity index (χ1) is 12.9. The zero-order valence-corrected chi connectivity index (χ0v) is 15.6. The topological polar surface area (TPSA) is 75.7 Å². The summed E-state index contributed by atoms with van der Waals surface area (Å²) in [5.74, 6) is -1.18. The van der Waals surface area contributed by atoms with Gasteiger partial charge in [0, 0.05) is 31.4 Å². The van der Waals surface area contributed by atoms with E-state index in [0.29, 0.717) is 11.3 Å². The molecule has 0 unspecified atom stereocenters. The molecule has 2 aromatic carbocycles. The van der Waals surface area contributed by atoms with Crippen molar-refractivity contribution in [1.29, 1.82) is 0 Å². The molecule has 0 aliphatic carbocycles. The lowest BCUT2D eigenvalue weighted by Crippen LogP contribution is -2.22. The van der Waals surface area contributed by atoms with Gasteiger partial charge in [-0.05, 0) is 48.4 Å². The van der Waals surface area contributed by atoms with E-state index in [1.165, 1.54) is 11.0 Å². The number of aryl methyl sites for hydroxylation is 1. The molecule has 0 heterocycles. The number of carbonyl (C=O) groups excluding carboxylic acids is 3. The number of hydrogen-bond donors (Lipinski definition) is 1. The van der Waals surface area contributed by atoms with Crippen LogP contribution >= 0.6 is 0 Å². The van der Waals surface area contributed by atoms with Gasteiger partial charge in [-0.25, -0.2) is 4.79 Å². The van der Waals surface area contributed by atoms with Crippen LogP contribution in [0.4, 0.5) is 5.69 Å². The predicted molar refractivity (Wildman–Crippen MR) is 104 cm³/mol. The van der Waals surface area contributed by atoms with E-state index < -0.39 is 18.5 Å². The van der Waals surface area contributed by atoms with Crippen LogP contribution in [0.25, 0.3) is 6.08 Å². The van der Waals surface area contributed by atoms with Gasteiger partial charge in [-0.15, -0.1) is 0 Å². The molecule has 2 amide bonds. The Bertz CT molecular complexity index is 855. The summed E-state index contributed by atoms with van der Waals surface area (Å²) in [6, 6.07) is 14.1. The lowest BCUT2D eigenvalue weighted by atomic mass is 10.1. The molecule has 6 nitrogen and oxygen atoms in total. The summed E-state index contributed by atoms with van der Waals surface area (Å²) in [5, 5.41) is 2.61. The van der Waals surface area contributed by atoms with Gasteiger partial charge in [0.1, 0.15) is 0 Å². The summed E-state index contributed by atoms with van der Waals surface area (Å²) in [5.41, 5.74) is 2.98. The minimum Gasteiger partial charge on any atom is -0.452 e. The third-order valence-electron chi connectivity index (χ3n) is 3.75. The van der Waals surface area contributed by atoms with Crippen LogP contribution < -0.4 is 5.32 Å². The molecule has 0 aliphatic heterocycles. The van der Waals surface area contributed by atoms with Crippen molar-refractivity contribution in [3.8, 4) is 0 Å². The molecule has 0 aliphatic rings. The quantitative estimate of drug-likeness (QED) is 0.630. The van der Waals surface area contributed by atoms with Crippen molar-refractivity contribution in [2.24, 2.45) is 0 Å². The molecule has 2 rings (SSSR count). The van der Waals surface area contributed by atoms with E-state index in [1.54, 1.807) is 44.4 Å². The number of rotatable bonds is 6. The predicted octanol–water partition coefficient (Wildman–Crippen LogP) is 2.89. The fraction of sp³-hybridized carbons (Fsp3) is 0.190. The second-order valence-electron chi connectivity index (χ2n) is 6.12. The summed E-state index contributed by atoms with van der Waals surface area (Å²) in [6.45, 7) is 1.55. The van der Waals surface area contributed by atoms with Crippen molar-refractivity contribution in [1.82, 2.24) is 4.90 Å². The minimum absolute atomic E-state index is 0.123. The van der Waals surface area contributed by atoms with Gasteiger partial charge >= 0.3 is 5.97 Å². The smallest absolute Gasteiger partial charge is 0.331 e. The fourth-order valence-electron chi connectivity index (χ4n) is 2.27. The standard InChI is InChI=1S/C21H22N2O4/c1-15-6-4-5-7-16(15)10-13-20(25)27-14-19(24)22-18-11-8-17(9-12-18)21(26)23(2)3/h4-13H,14H2,1-3H3,(H,22,24)/b13-10+. The second kappa shape index (κ2) is 9.33. The van der Waals surface area contributed by atoms with Crippen molar-refractivity contribution in [3.05, 3.63) is 71.3 Å². The van der Waals surface area contributed by atoms with Crippen LogP contribution in [-0.4, -0.2) is 43.4 Å². The molecular formula is C21H22N2O4. The van der Waals surface area contributed by atoms with Crippen molar-refractivity contribution < 1.29 is 19.1 Å². The van der Waals surface area contributed by atoms with E-state index in [4.69, 9.17) is 4.74 Å². The molecule has 140 valence electrons. The Kier molecular flexibility index (Phi) is 6.88. The van der Waals surface area contributed by atoms with Gasteiger partial charge in [0.05, 0.1) is 0 Å². The van der Waals surface area contributed by atoms with Crippen LogP contribution in [0.15, 0.2) is 54.6 Å². The number of nitrogens with zero attached hydrogens (tertiary/aromatic N) is 1. The molecule has 0 saturated carbocycles. The number of hydrogen-bond acceptors (Lipinski definition) is 4. The van der Waals surface area contributed by atoms with Crippen LogP contribution in [0, 0.1) is 6.92 Å². The minimum atomic E-state index is -0.597. The molecule has 0 spiro atoms. The molecule has 1 N–H and O–H groups in total. The van der Waals surface area contributed by atoms with E-state index >= 15 is 0 Å². The number of nitrogens with one attached hydrogen (secondary N) is 1. The summed E-state index contributed by atoms with van der Waals surface area (Å²) < 4.78 is 4.93. The van der Waals surface area contributed by atoms with Gasteiger partial charge in [-0.2, -0.15) is 0 Å². The van der Waals surface area contributed by atoms with E-state index in [0.717, 1.165) is 11.1 Å². The van der Waals surface area contributed by atoms with Crippen molar-refractivity contribution in [3.63, 3.8) is 0 Å². The van der Waals surface area contributed by atoms with Crippen LogP contribution in [0.5, 0.6) is 0 Å². The first-order valence-electron chi connectivity index (χ1n) is 8.39. The highest BCUT2D eigenvalue weighted by Gasteiger charge is 2.09. The average molecular weight is 366 g/mol. The zero-order chi connectivity index (χ0) is 19.8. The largest absolute Gasteiger partial charge is 0.452 e. The third-order valence-corrected chi connectivity index (χ3v) is 3.75. The Labute approximate surface area is 158 Å². The van der Waals surface area contributed by atoms with Crippen LogP contribution in [0.1, 0.15) is 21.5 Å². The Morgan fingerprint density at radius 3 is 2.33 bits per heavy atom. The number of ether oxygens (including phenoxy) is 1. The maximum absolute atomic E-state index is 11.9. The Morgan fingerprint density at radius 1 is 1.04 bits per heavy atom. The van der Waals surface area contributed by atoms with Crippen molar-refractivity contribution in [2.75, 3.05) is 26.0 Å². The summed E-state index contributed by atoms with van der Waals surface area (Å²) >= 11 is 0. The first kappa shape index (κ1) is 19.9. The van der Waals surface area contributed by atoms with Crippen LogP contribution in [0.2, 0.25) is 0 Å². The van der Waals surface area contributed by atoms with Gasteiger partial charge in [-0.3, -0.25) is 9.59 Å². The van der Waals surface area contributed by atoms with Gasteiger partial charge in [0.25, 0.3) is 11.8 Å². The molecule has 0 radical (unpaired) electrons. The van der Waals surface area contributed by atoms with E-state index in [-0.39, 0.29) is 5.91 Å². The average Bonchev–Trinajstić information content (AvgIpc) is 2.65. The molecule has 0 aromatic heterocycles. The highest BCUT2D eigenvalue weighted by atomic mass is 16.5. The van der Waals surface area contributed by atoms with Crippen LogP contribution in [-0.2, 0) is 14.3 Å². The molecule has 0 saturated heterocycles. The molecule has 6 heteroatoms. The van der Waals surface area contributed by atoms with E-state index in [2.05, 4.69) is 5.32 Å². The lowest BCUT2D eigenvalue weighted by molar-refractivity contribution is -0.142. The third kappa shape index (κ3) is 6.11. The Balaban J connectivity index is 1.83. The zero-order valence-electron chi connectivity index (χ0n) is 15.6. The molecule has 0 atom stereocenters. The lowest BCUT2D eigenvalue weighted by Gasteiger charge is -2.11. The molecule has 27 heavy (non-hydrogen) atoms. The number of anilines is 1. The highest BCUT2D eigenvalue weighted by Crippen LogP contribution is 2.11. The Morgan fingerprint density at radius 2 is 1.70 bits per heavy atom. The van der Waals surface area contributed by atoms with Crippen LogP contribution in [0.3, 0.4) is 0 Å². The van der Waals surface area contributed by atoms with E-state index in [1.807, 2.05) is 31.2 Å². The number of amides is 2. The molecule has 0 bridgehead atoms. The monoisotopic (exact) mass is 366 g/mol. The Hall–Kier alpha value is -3.41. The number of carbonyl (C=O) groups is 3. The normalized spacial score (nSPS) is 10.5. The summed E-state index contributed by atoms with van der Waals surface area (Å²) in [6.07, 6.45) is 2.94. The maximum Gasteiger partial charge on any atom is 0.331 e.